The number of amides is 1. The van der Waals surface area contributed by atoms with Crippen LogP contribution in [0.1, 0.15) is 18.2 Å². The van der Waals surface area contributed by atoms with Gasteiger partial charge < -0.3 is 4.42 Å². The third-order valence-electron chi connectivity index (χ3n) is 3.27. The van der Waals surface area contributed by atoms with Crippen LogP contribution in [0.2, 0.25) is 0 Å². The first-order valence-electron chi connectivity index (χ1n) is 6.71. The summed E-state index contributed by atoms with van der Waals surface area (Å²) in [5.74, 6) is 0.513. The summed E-state index contributed by atoms with van der Waals surface area (Å²) in [6.07, 6.45) is 2.57. The third-order valence-corrected chi connectivity index (χ3v) is 5.00. The number of rotatable bonds is 3. The van der Waals surface area contributed by atoms with Gasteiger partial charge in [-0.1, -0.05) is 49.1 Å². The van der Waals surface area contributed by atoms with E-state index in [1.54, 1.807) is 23.1 Å². The second kappa shape index (κ2) is 6.40. The van der Waals surface area contributed by atoms with Gasteiger partial charge in [-0.15, -0.1) is 0 Å². The number of halogens is 1. The smallest absolute Gasteiger partial charge is 0.270 e. The first-order valence-corrected chi connectivity index (χ1v) is 8.73. The third kappa shape index (κ3) is 2.91. The topological polar surface area (TPSA) is 33.5 Å². The Kier molecular flexibility index (Phi) is 4.52. The second-order valence-corrected chi connectivity index (χ2v) is 7.10. The normalized spacial score (nSPS) is 16.8. The van der Waals surface area contributed by atoms with Crippen LogP contribution in [-0.4, -0.2) is 10.2 Å². The number of hydrogen-bond acceptors (Lipinski definition) is 4. The molecule has 0 saturated carbocycles. The lowest BCUT2D eigenvalue weighted by Gasteiger charge is -2.17. The minimum Gasteiger partial charge on any atom is -0.450 e. The van der Waals surface area contributed by atoms with Crippen molar-refractivity contribution in [3.05, 3.63) is 57.3 Å². The molecule has 1 amide bonds. The molecule has 1 aromatic carbocycles. The fraction of sp³-hybridized carbons (Fsp3) is 0.125. The van der Waals surface area contributed by atoms with Crippen molar-refractivity contribution in [1.82, 2.24) is 0 Å². The van der Waals surface area contributed by atoms with Crippen LogP contribution in [0.4, 0.5) is 5.69 Å². The van der Waals surface area contributed by atoms with Crippen LogP contribution in [0, 0.1) is 0 Å². The monoisotopic (exact) mass is 393 g/mol. The van der Waals surface area contributed by atoms with Crippen molar-refractivity contribution in [1.29, 1.82) is 0 Å². The number of nitrogens with zero attached hydrogens (tertiary/aromatic N) is 1. The average Bonchev–Trinajstić information content (AvgIpc) is 3.03. The Morgan fingerprint density at radius 3 is 2.77 bits per heavy atom. The van der Waals surface area contributed by atoms with Crippen molar-refractivity contribution in [2.75, 3.05) is 4.90 Å². The largest absolute Gasteiger partial charge is 0.450 e. The number of thioether (sulfide) groups is 1. The number of aryl methyl sites for hydroxylation is 1. The maximum Gasteiger partial charge on any atom is 0.270 e. The molecule has 1 saturated heterocycles. The van der Waals surface area contributed by atoms with Crippen LogP contribution >= 0.6 is 39.9 Å². The van der Waals surface area contributed by atoms with Crippen molar-refractivity contribution >= 4 is 61.9 Å². The van der Waals surface area contributed by atoms with Crippen LogP contribution in [0.5, 0.6) is 0 Å². The highest BCUT2D eigenvalue weighted by Gasteiger charge is 2.34. The first-order chi connectivity index (χ1) is 10.6. The Morgan fingerprint density at radius 2 is 2.09 bits per heavy atom. The van der Waals surface area contributed by atoms with Crippen molar-refractivity contribution < 1.29 is 9.21 Å². The first kappa shape index (κ1) is 15.5. The molecule has 2 heterocycles. The second-order valence-electron chi connectivity index (χ2n) is 4.64. The van der Waals surface area contributed by atoms with E-state index in [1.807, 2.05) is 24.3 Å². The SMILES string of the molecule is CCc1ccccc1N1C(=O)/C(=C/c2ccc(Br)o2)SC1=S. The Morgan fingerprint density at radius 1 is 1.32 bits per heavy atom. The maximum absolute atomic E-state index is 12.7. The summed E-state index contributed by atoms with van der Waals surface area (Å²) < 4.78 is 6.60. The van der Waals surface area contributed by atoms with Gasteiger partial charge in [0.2, 0.25) is 0 Å². The molecular weight excluding hydrogens is 382 g/mol. The minimum atomic E-state index is -0.108. The molecule has 0 aliphatic carbocycles. The van der Waals surface area contributed by atoms with E-state index in [-0.39, 0.29) is 5.91 Å². The number of carbonyl (C=O) groups is 1. The van der Waals surface area contributed by atoms with Gasteiger partial charge in [0.25, 0.3) is 5.91 Å². The molecular formula is C16H12BrNO2S2. The molecule has 0 spiro atoms. The van der Waals surface area contributed by atoms with Crippen LogP contribution in [-0.2, 0) is 11.2 Å². The zero-order chi connectivity index (χ0) is 15.7. The quantitative estimate of drug-likeness (QED) is 0.541. The van der Waals surface area contributed by atoms with Gasteiger partial charge in [-0.2, -0.15) is 0 Å². The summed E-state index contributed by atoms with van der Waals surface area (Å²) in [5.41, 5.74) is 1.96. The zero-order valence-electron chi connectivity index (χ0n) is 11.7. The average molecular weight is 394 g/mol. The highest BCUT2D eigenvalue weighted by atomic mass is 79.9. The Hall–Kier alpha value is -1.37. The van der Waals surface area contributed by atoms with E-state index in [9.17, 15) is 4.79 Å². The van der Waals surface area contributed by atoms with Gasteiger partial charge in [0.1, 0.15) is 5.76 Å². The molecule has 1 aliphatic heterocycles. The van der Waals surface area contributed by atoms with Crippen molar-refractivity contribution in [3.63, 3.8) is 0 Å². The molecule has 0 atom stereocenters. The lowest BCUT2D eigenvalue weighted by atomic mass is 10.1. The fourth-order valence-corrected chi connectivity index (χ4v) is 3.82. The summed E-state index contributed by atoms with van der Waals surface area (Å²) >= 11 is 9.94. The standard InChI is InChI=1S/C16H12BrNO2S2/c1-2-10-5-3-4-6-12(10)18-15(19)13(22-16(18)21)9-11-7-8-14(17)20-11/h3-9H,2H2,1H3/b13-9-. The Balaban J connectivity index is 1.97. The van der Waals surface area contributed by atoms with Crippen molar-refractivity contribution in [2.45, 2.75) is 13.3 Å². The maximum atomic E-state index is 12.7. The molecule has 2 aromatic rings. The predicted molar refractivity (Wildman–Crippen MR) is 97.9 cm³/mol. The molecule has 1 aliphatic rings. The van der Waals surface area contributed by atoms with E-state index in [2.05, 4.69) is 22.9 Å². The summed E-state index contributed by atoms with van der Waals surface area (Å²) in [6, 6.07) is 11.4. The Bertz CT molecular complexity index is 782. The van der Waals surface area contributed by atoms with Crippen LogP contribution in [0.25, 0.3) is 6.08 Å². The number of benzene rings is 1. The van der Waals surface area contributed by atoms with E-state index in [1.165, 1.54) is 11.8 Å². The Labute approximate surface area is 146 Å². The van der Waals surface area contributed by atoms with E-state index in [4.69, 9.17) is 16.6 Å². The number of anilines is 1. The molecule has 0 bridgehead atoms. The van der Waals surface area contributed by atoms with Crippen LogP contribution < -0.4 is 4.90 Å². The van der Waals surface area contributed by atoms with Gasteiger partial charge in [-0.05, 0) is 46.1 Å². The molecule has 0 radical (unpaired) electrons. The summed E-state index contributed by atoms with van der Waals surface area (Å²) in [5, 5.41) is 0. The molecule has 3 nitrogen and oxygen atoms in total. The minimum absolute atomic E-state index is 0.108. The fourth-order valence-electron chi connectivity index (χ4n) is 2.24. The molecule has 0 unspecified atom stereocenters. The van der Waals surface area contributed by atoms with Gasteiger partial charge in [0.05, 0.1) is 10.6 Å². The molecule has 1 fully saturated rings. The molecule has 22 heavy (non-hydrogen) atoms. The number of thiocarbonyl (C=S) groups is 1. The number of para-hydroxylation sites is 1. The van der Waals surface area contributed by atoms with E-state index >= 15 is 0 Å². The molecule has 0 N–H and O–H groups in total. The van der Waals surface area contributed by atoms with E-state index in [0.717, 1.165) is 17.7 Å². The lowest BCUT2D eigenvalue weighted by Crippen LogP contribution is -2.28. The highest BCUT2D eigenvalue weighted by Crippen LogP contribution is 2.37. The molecule has 6 heteroatoms. The van der Waals surface area contributed by atoms with Crippen LogP contribution in [0.3, 0.4) is 0 Å². The van der Waals surface area contributed by atoms with Gasteiger partial charge in [0, 0.05) is 6.08 Å². The van der Waals surface area contributed by atoms with Crippen LogP contribution in [0.15, 0.2) is 50.4 Å². The van der Waals surface area contributed by atoms with Crippen molar-refractivity contribution in [2.24, 2.45) is 0 Å². The van der Waals surface area contributed by atoms with Gasteiger partial charge in [0.15, 0.2) is 8.99 Å². The van der Waals surface area contributed by atoms with Gasteiger partial charge >= 0.3 is 0 Å². The number of furan rings is 1. The highest BCUT2D eigenvalue weighted by molar-refractivity contribution is 9.10. The summed E-state index contributed by atoms with van der Waals surface area (Å²) in [4.78, 5) is 14.9. The molecule has 112 valence electrons. The van der Waals surface area contributed by atoms with E-state index in [0.29, 0.717) is 19.7 Å². The van der Waals surface area contributed by atoms with Crippen molar-refractivity contribution in [3.8, 4) is 0 Å². The summed E-state index contributed by atoms with van der Waals surface area (Å²) in [7, 11) is 0. The molecule has 1 aromatic heterocycles. The number of carbonyl (C=O) groups excluding carboxylic acids is 1. The zero-order valence-corrected chi connectivity index (χ0v) is 14.9. The molecule has 3 rings (SSSR count). The van der Waals surface area contributed by atoms with Gasteiger partial charge in [-0.25, -0.2) is 0 Å². The summed E-state index contributed by atoms with van der Waals surface area (Å²) in [6.45, 7) is 2.06. The van der Waals surface area contributed by atoms with Gasteiger partial charge in [-0.3, -0.25) is 9.69 Å². The number of hydrogen-bond donors (Lipinski definition) is 0. The van der Waals surface area contributed by atoms with E-state index < -0.39 is 0 Å². The lowest BCUT2D eigenvalue weighted by molar-refractivity contribution is -0.113. The predicted octanol–water partition coefficient (Wildman–Crippen LogP) is 5.01.